The van der Waals surface area contributed by atoms with Crippen LogP contribution < -0.4 is 5.32 Å². The SMILES string of the molecule is CCc1nn(C)c(CC)c1CNC1CCCCC1OC. The molecule has 1 aliphatic rings. The number of nitrogens with zero attached hydrogens (tertiary/aromatic N) is 2. The fourth-order valence-corrected chi connectivity index (χ4v) is 3.44. The molecular weight excluding hydrogens is 250 g/mol. The third-order valence-electron chi connectivity index (χ3n) is 4.57. The maximum absolute atomic E-state index is 5.63. The summed E-state index contributed by atoms with van der Waals surface area (Å²) < 4.78 is 7.67. The molecule has 1 fully saturated rings. The molecule has 1 aromatic rings. The van der Waals surface area contributed by atoms with Crippen molar-refractivity contribution in [1.29, 1.82) is 0 Å². The summed E-state index contributed by atoms with van der Waals surface area (Å²) in [4.78, 5) is 0. The van der Waals surface area contributed by atoms with E-state index in [0.29, 0.717) is 12.1 Å². The molecule has 2 unspecified atom stereocenters. The summed E-state index contributed by atoms with van der Waals surface area (Å²) in [5.74, 6) is 0. The third kappa shape index (κ3) is 3.23. The van der Waals surface area contributed by atoms with Crippen molar-refractivity contribution in [2.24, 2.45) is 7.05 Å². The van der Waals surface area contributed by atoms with Gasteiger partial charge in [0.05, 0.1) is 11.8 Å². The number of rotatable bonds is 6. The number of hydrogen-bond donors (Lipinski definition) is 1. The highest BCUT2D eigenvalue weighted by atomic mass is 16.5. The molecule has 1 aliphatic carbocycles. The Balaban J connectivity index is 2.06. The van der Waals surface area contributed by atoms with E-state index in [-0.39, 0.29) is 0 Å². The fourth-order valence-electron chi connectivity index (χ4n) is 3.44. The lowest BCUT2D eigenvalue weighted by Crippen LogP contribution is -2.42. The second-order valence-corrected chi connectivity index (χ2v) is 5.75. The van der Waals surface area contributed by atoms with Gasteiger partial charge in [-0.2, -0.15) is 5.10 Å². The fraction of sp³-hybridized carbons (Fsp3) is 0.812. The molecule has 0 aliphatic heterocycles. The van der Waals surface area contributed by atoms with Crippen LogP contribution in [-0.4, -0.2) is 29.0 Å². The first kappa shape index (κ1) is 15.5. The van der Waals surface area contributed by atoms with E-state index in [2.05, 4.69) is 31.3 Å². The molecule has 4 nitrogen and oxygen atoms in total. The predicted octanol–water partition coefficient (Wildman–Crippen LogP) is 2.59. The van der Waals surface area contributed by atoms with Gasteiger partial charge in [0.15, 0.2) is 0 Å². The van der Waals surface area contributed by atoms with Crippen LogP contribution in [0.4, 0.5) is 0 Å². The molecule has 0 saturated heterocycles. The van der Waals surface area contributed by atoms with E-state index in [1.807, 2.05) is 11.8 Å². The molecule has 0 radical (unpaired) electrons. The van der Waals surface area contributed by atoms with Crippen LogP contribution in [0.15, 0.2) is 0 Å². The van der Waals surface area contributed by atoms with Crippen molar-refractivity contribution in [3.63, 3.8) is 0 Å². The molecule has 114 valence electrons. The van der Waals surface area contributed by atoms with Gasteiger partial charge in [-0.25, -0.2) is 0 Å². The Morgan fingerprint density at radius 1 is 1.25 bits per heavy atom. The Kier molecular flexibility index (Phi) is 5.61. The highest BCUT2D eigenvalue weighted by Gasteiger charge is 2.25. The first-order chi connectivity index (χ1) is 9.71. The Hall–Kier alpha value is -0.870. The molecule has 0 aromatic carbocycles. The smallest absolute Gasteiger partial charge is 0.0724 e. The first-order valence-electron chi connectivity index (χ1n) is 8.01. The molecule has 0 amide bonds. The van der Waals surface area contributed by atoms with Crippen molar-refractivity contribution in [2.45, 2.75) is 71.1 Å². The highest BCUT2D eigenvalue weighted by molar-refractivity contribution is 5.26. The van der Waals surface area contributed by atoms with Crippen LogP contribution >= 0.6 is 0 Å². The molecule has 1 saturated carbocycles. The predicted molar refractivity (Wildman–Crippen MR) is 81.9 cm³/mol. The Morgan fingerprint density at radius 3 is 2.65 bits per heavy atom. The average Bonchev–Trinajstić information content (AvgIpc) is 2.80. The number of nitrogens with one attached hydrogen (secondary N) is 1. The largest absolute Gasteiger partial charge is 0.380 e. The molecule has 1 heterocycles. The summed E-state index contributed by atoms with van der Waals surface area (Å²) in [6.07, 6.45) is 7.43. The molecule has 0 spiro atoms. The quantitative estimate of drug-likeness (QED) is 0.870. The summed E-state index contributed by atoms with van der Waals surface area (Å²) in [7, 11) is 3.89. The molecule has 1 N–H and O–H groups in total. The molecule has 2 atom stereocenters. The zero-order chi connectivity index (χ0) is 14.5. The van der Waals surface area contributed by atoms with E-state index in [9.17, 15) is 0 Å². The van der Waals surface area contributed by atoms with Crippen molar-refractivity contribution < 1.29 is 4.74 Å². The van der Waals surface area contributed by atoms with Crippen LogP contribution in [0, 0.1) is 0 Å². The van der Waals surface area contributed by atoms with Crippen LogP contribution in [0.1, 0.15) is 56.5 Å². The van der Waals surface area contributed by atoms with Gasteiger partial charge in [-0.15, -0.1) is 0 Å². The summed E-state index contributed by atoms with van der Waals surface area (Å²) >= 11 is 0. The number of aromatic nitrogens is 2. The van der Waals surface area contributed by atoms with Crippen LogP contribution in [0.3, 0.4) is 0 Å². The zero-order valence-electron chi connectivity index (χ0n) is 13.4. The Labute approximate surface area is 122 Å². The first-order valence-corrected chi connectivity index (χ1v) is 8.01. The molecule has 4 heteroatoms. The lowest BCUT2D eigenvalue weighted by molar-refractivity contribution is 0.0412. The van der Waals surface area contributed by atoms with Crippen LogP contribution in [0.25, 0.3) is 0 Å². The van der Waals surface area contributed by atoms with Gasteiger partial charge in [-0.05, 0) is 25.7 Å². The van der Waals surface area contributed by atoms with Gasteiger partial charge in [0.25, 0.3) is 0 Å². The average molecular weight is 279 g/mol. The van der Waals surface area contributed by atoms with Gasteiger partial charge >= 0.3 is 0 Å². The van der Waals surface area contributed by atoms with Crippen molar-refractivity contribution in [3.05, 3.63) is 17.0 Å². The van der Waals surface area contributed by atoms with Gasteiger partial charge in [0.1, 0.15) is 0 Å². The zero-order valence-corrected chi connectivity index (χ0v) is 13.4. The minimum atomic E-state index is 0.371. The van der Waals surface area contributed by atoms with E-state index in [0.717, 1.165) is 19.4 Å². The monoisotopic (exact) mass is 279 g/mol. The van der Waals surface area contributed by atoms with Crippen molar-refractivity contribution in [2.75, 3.05) is 7.11 Å². The lowest BCUT2D eigenvalue weighted by Gasteiger charge is -2.31. The van der Waals surface area contributed by atoms with E-state index < -0.39 is 0 Å². The second kappa shape index (κ2) is 7.23. The van der Waals surface area contributed by atoms with Gasteiger partial charge in [-0.3, -0.25) is 4.68 Å². The van der Waals surface area contributed by atoms with E-state index in [1.165, 1.54) is 42.6 Å². The Bertz CT molecular complexity index is 428. The maximum atomic E-state index is 5.63. The van der Waals surface area contributed by atoms with E-state index in [4.69, 9.17) is 4.74 Å². The normalized spacial score (nSPS) is 23.2. The topological polar surface area (TPSA) is 39.1 Å². The molecule has 2 rings (SSSR count). The van der Waals surface area contributed by atoms with Gasteiger partial charge < -0.3 is 10.1 Å². The number of ether oxygens (including phenoxy) is 1. The second-order valence-electron chi connectivity index (χ2n) is 5.75. The summed E-state index contributed by atoms with van der Waals surface area (Å²) in [5.41, 5.74) is 4.00. The van der Waals surface area contributed by atoms with Gasteiger partial charge in [0, 0.05) is 38.0 Å². The maximum Gasteiger partial charge on any atom is 0.0724 e. The summed E-state index contributed by atoms with van der Waals surface area (Å²) in [5, 5.41) is 8.37. The Morgan fingerprint density at radius 2 is 2.00 bits per heavy atom. The minimum absolute atomic E-state index is 0.371. The number of aryl methyl sites for hydroxylation is 2. The number of methoxy groups -OCH3 is 1. The molecule has 0 bridgehead atoms. The van der Waals surface area contributed by atoms with Gasteiger partial charge in [-0.1, -0.05) is 26.7 Å². The lowest BCUT2D eigenvalue weighted by atomic mass is 9.92. The van der Waals surface area contributed by atoms with Gasteiger partial charge in [0.2, 0.25) is 0 Å². The third-order valence-corrected chi connectivity index (χ3v) is 4.57. The number of hydrogen-bond acceptors (Lipinski definition) is 3. The van der Waals surface area contributed by atoms with Crippen molar-refractivity contribution in [3.8, 4) is 0 Å². The van der Waals surface area contributed by atoms with E-state index in [1.54, 1.807) is 0 Å². The van der Waals surface area contributed by atoms with Crippen LogP contribution in [0.5, 0.6) is 0 Å². The highest BCUT2D eigenvalue weighted by Crippen LogP contribution is 2.22. The van der Waals surface area contributed by atoms with Crippen LogP contribution in [-0.2, 0) is 31.2 Å². The molecule has 20 heavy (non-hydrogen) atoms. The standard InChI is InChI=1S/C16H29N3O/c1-5-13-12(15(6-2)19(3)18-13)11-17-14-9-7-8-10-16(14)20-4/h14,16-17H,5-11H2,1-4H3. The summed E-state index contributed by atoms with van der Waals surface area (Å²) in [6, 6.07) is 0.489. The summed E-state index contributed by atoms with van der Waals surface area (Å²) in [6.45, 7) is 5.31. The molecular formula is C16H29N3O. The van der Waals surface area contributed by atoms with Crippen LogP contribution in [0.2, 0.25) is 0 Å². The van der Waals surface area contributed by atoms with E-state index >= 15 is 0 Å². The minimum Gasteiger partial charge on any atom is -0.380 e. The van der Waals surface area contributed by atoms with Crippen molar-refractivity contribution in [1.82, 2.24) is 15.1 Å². The van der Waals surface area contributed by atoms with Crippen molar-refractivity contribution >= 4 is 0 Å². The molecule has 1 aromatic heterocycles.